The number of nitro groups is 1. The molecule has 1 amide bonds. The molecule has 0 aliphatic carbocycles. The maximum atomic E-state index is 12.9. The van der Waals surface area contributed by atoms with Gasteiger partial charge >= 0.3 is 11.9 Å². The second-order valence-electron chi connectivity index (χ2n) is 7.23. The summed E-state index contributed by atoms with van der Waals surface area (Å²) in [4.78, 5) is 22.7. The number of nitro benzene ring substituents is 1. The molecule has 194 valence electrons. The first-order chi connectivity index (χ1) is 17.5. The number of hydrogen-bond acceptors (Lipinski definition) is 7. The van der Waals surface area contributed by atoms with Gasteiger partial charge in [-0.1, -0.05) is 11.6 Å². The van der Waals surface area contributed by atoms with Crippen molar-refractivity contribution in [3.05, 3.63) is 86.4 Å². The van der Waals surface area contributed by atoms with Crippen molar-refractivity contribution in [3.63, 3.8) is 0 Å². The Bertz CT molecular complexity index is 1350. The van der Waals surface area contributed by atoms with E-state index in [1.807, 2.05) is 0 Å². The Balaban J connectivity index is 1.72. The molecule has 0 aromatic heterocycles. The van der Waals surface area contributed by atoms with Crippen LogP contribution in [0, 0.1) is 10.1 Å². The van der Waals surface area contributed by atoms with Gasteiger partial charge in [0.25, 0.3) is 5.91 Å². The molecule has 0 atom stereocenters. The van der Waals surface area contributed by atoms with Crippen LogP contribution in [0.25, 0.3) is 0 Å². The van der Waals surface area contributed by atoms with Crippen LogP contribution in [0.1, 0.15) is 28.4 Å². The number of hydrazone groups is 1. The van der Waals surface area contributed by atoms with Gasteiger partial charge in [0.15, 0.2) is 11.5 Å². The fraction of sp³-hybridized carbons (Fsp3) is 0.167. The van der Waals surface area contributed by atoms with Crippen LogP contribution in [0.5, 0.6) is 23.0 Å². The van der Waals surface area contributed by atoms with E-state index in [9.17, 15) is 28.1 Å². The quantitative estimate of drug-likeness (QED) is 0.197. The standard InChI is InChI=1S/C24H19ClF3N3O6/c1-3-36-22-11-15(5-8-21(22)35-2)23(32)30-29-13-14-4-7-19(17(25)10-14)37-20-9-6-16(24(26,27)28)12-18(20)31(33)34/h4-13H,3H2,1-2H3,(H,30,32)/b29-13+. The third-order valence-electron chi connectivity index (χ3n) is 4.76. The van der Waals surface area contributed by atoms with Gasteiger partial charge in [-0.3, -0.25) is 14.9 Å². The van der Waals surface area contributed by atoms with Crippen molar-refractivity contribution in [2.24, 2.45) is 5.10 Å². The van der Waals surface area contributed by atoms with Crippen LogP contribution in [0.2, 0.25) is 5.02 Å². The minimum absolute atomic E-state index is 0.000910. The Morgan fingerprint density at radius 1 is 1.08 bits per heavy atom. The average molecular weight is 538 g/mol. The predicted molar refractivity (Wildman–Crippen MR) is 129 cm³/mol. The Kier molecular flexibility index (Phi) is 8.56. The Morgan fingerprint density at radius 2 is 1.78 bits per heavy atom. The van der Waals surface area contributed by atoms with Gasteiger partial charge in [0.1, 0.15) is 5.75 Å². The molecule has 0 aliphatic rings. The Hall–Kier alpha value is -4.32. The van der Waals surface area contributed by atoms with E-state index in [1.54, 1.807) is 13.0 Å². The number of amides is 1. The Morgan fingerprint density at radius 3 is 2.41 bits per heavy atom. The first-order valence-electron chi connectivity index (χ1n) is 10.5. The summed E-state index contributed by atoms with van der Waals surface area (Å²) in [5.74, 6) is -0.0924. The van der Waals surface area contributed by atoms with Crippen molar-refractivity contribution in [2.75, 3.05) is 13.7 Å². The van der Waals surface area contributed by atoms with Gasteiger partial charge in [0, 0.05) is 11.6 Å². The van der Waals surface area contributed by atoms with Crippen molar-refractivity contribution < 1.29 is 37.1 Å². The van der Waals surface area contributed by atoms with E-state index >= 15 is 0 Å². The van der Waals surface area contributed by atoms with Crippen LogP contribution in [0.3, 0.4) is 0 Å². The highest BCUT2D eigenvalue weighted by molar-refractivity contribution is 6.32. The van der Waals surface area contributed by atoms with E-state index in [1.165, 1.54) is 43.7 Å². The van der Waals surface area contributed by atoms with Gasteiger partial charge in [-0.25, -0.2) is 5.43 Å². The molecular formula is C24H19ClF3N3O6. The van der Waals surface area contributed by atoms with E-state index in [2.05, 4.69) is 10.5 Å². The summed E-state index contributed by atoms with van der Waals surface area (Å²) in [6, 6.07) is 10.8. The van der Waals surface area contributed by atoms with Gasteiger partial charge in [0.2, 0.25) is 5.75 Å². The number of hydrogen-bond donors (Lipinski definition) is 1. The number of nitrogens with one attached hydrogen (secondary N) is 1. The number of methoxy groups -OCH3 is 1. The molecule has 3 rings (SSSR count). The zero-order valence-corrected chi connectivity index (χ0v) is 20.1. The second-order valence-corrected chi connectivity index (χ2v) is 7.63. The zero-order valence-electron chi connectivity index (χ0n) is 19.3. The predicted octanol–water partition coefficient (Wildman–Crippen LogP) is 6.23. The van der Waals surface area contributed by atoms with Crippen molar-refractivity contribution in [1.29, 1.82) is 0 Å². The lowest BCUT2D eigenvalue weighted by atomic mass is 10.2. The molecule has 0 bridgehead atoms. The summed E-state index contributed by atoms with van der Waals surface area (Å²) in [6.07, 6.45) is -3.46. The molecule has 3 aromatic carbocycles. The summed E-state index contributed by atoms with van der Waals surface area (Å²) in [6.45, 7) is 2.18. The molecule has 37 heavy (non-hydrogen) atoms. The molecule has 0 spiro atoms. The lowest BCUT2D eigenvalue weighted by Gasteiger charge is -2.11. The summed E-state index contributed by atoms with van der Waals surface area (Å²) < 4.78 is 54.7. The topological polar surface area (TPSA) is 112 Å². The van der Waals surface area contributed by atoms with Crippen molar-refractivity contribution >= 4 is 29.4 Å². The summed E-state index contributed by atoms with van der Waals surface area (Å²) >= 11 is 6.18. The van der Waals surface area contributed by atoms with Gasteiger partial charge in [0.05, 0.1) is 35.4 Å². The van der Waals surface area contributed by atoms with Crippen molar-refractivity contribution in [3.8, 4) is 23.0 Å². The monoisotopic (exact) mass is 537 g/mol. The normalized spacial score (nSPS) is 11.3. The van der Waals surface area contributed by atoms with Gasteiger partial charge in [-0.15, -0.1) is 0 Å². The minimum atomic E-state index is -4.75. The van der Waals surface area contributed by atoms with Crippen LogP contribution < -0.4 is 19.6 Å². The first-order valence-corrected chi connectivity index (χ1v) is 10.9. The smallest absolute Gasteiger partial charge is 0.416 e. The fourth-order valence-electron chi connectivity index (χ4n) is 3.04. The lowest BCUT2D eigenvalue weighted by Crippen LogP contribution is -2.17. The third kappa shape index (κ3) is 6.88. The maximum Gasteiger partial charge on any atom is 0.416 e. The molecule has 0 aliphatic heterocycles. The van der Waals surface area contributed by atoms with Crippen molar-refractivity contribution in [2.45, 2.75) is 13.1 Å². The summed E-state index contributed by atoms with van der Waals surface area (Å²) in [7, 11) is 1.48. The highest BCUT2D eigenvalue weighted by Gasteiger charge is 2.33. The van der Waals surface area contributed by atoms with E-state index in [0.717, 1.165) is 6.07 Å². The summed E-state index contributed by atoms with van der Waals surface area (Å²) in [5, 5.41) is 15.1. The molecule has 1 N–H and O–H groups in total. The fourth-order valence-corrected chi connectivity index (χ4v) is 3.27. The number of carbonyl (C=O) groups excluding carboxylic acids is 1. The SMILES string of the molecule is CCOc1cc(C(=O)N/N=C/c2ccc(Oc3ccc(C(F)(F)F)cc3[N+](=O)[O-])c(Cl)c2)ccc1OC. The molecule has 0 saturated carbocycles. The van der Waals surface area contributed by atoms with Crippen LogP contribution in [-0.4, -0.2) is 30.8 Å². The van der Waals surface area contributed by atoms with Crippen molar-refractivity contribution in [1.82, 2.24) is 5.43 Å². The van der Waals surface area contributed by atoms with Gasteiger partial charge in [-0.2, -0.15) is 18.3 Å². The van der Waals surface area contributed by atoms with Crippen LogP contribution >= 0.6 is 11.6 Å². The molecule has 0 fully saturated rings. The molecule has 0 heterocycles. The number of nitrogens with zero attached hydrogens (tertiary/aromatic N) is 2. The van der Waals surface area contributed by atoms with Crippen LogP contribution in [0.4, 0.5) is 18.9 Å². The van der Waals surface area contributed by atoms with Crippen LogP contribution in [-0.2, 0) is 6.18 Å². The zero-order chi connectivity index (χ0) is 27.2. The highest BCUT2D eigenvalue weighted by Crippen LogP contribution is 2.39. The second kappa shape index (κ2) is 11.6. The van der Waals surface area contributed by atoms with Crippen LogP contribution in [0.15, 0.2) is 59.7 Å². The number of rotatable bonds is 9. The van der Waals surface area contributed by atoms with Gasteiger partial charge in [-0.05, 0) is 61.0 Å². The molecule has 13 heteroatoms. The highest BCUT2D eigenvalue weighted by atomic mass is 35.5. The first kappa shape index (κ1) is 27.3. The molecule has 3 aromatic rings. The molecule has 0 radical (unpaired) electrons. The maximum absolute atomic E-state index is 12.9. The van der Waals surface area contributed by atoms with E-state index < -0.39 is 34.0 Å². The number of halogens is 4. The number of alkyl halides is 3. The Labute approximate surface area is 213 Å². The minimum Gasteiger partial charge on any atom is -0.493 e. The number of carbonyl (C=O) groups is 1. The largest absolute Gasteiger partial charge is 0.493 e. The molecule has 9 nitrogen and oxygen atoms in total. The van der Waals surface area contributed by atoms with E-state index in [4.69, 9.17) is 25.8 Å². The van der Waals surface area contributed by atoms with E-state index in [0.29, 0.717) is 35.8 Å². The lowest BCUT2D eigenvalue weighted by molar-refractivity contribution is -0.385. The molecular weight excluding hydrogens is 519 g/mol. The number of benzene rings is 3. The molecule has 0 unspecified atom stereocenters. The molecule has 0 saturated heterocycles. The van der Waals surface area contributed by atoms with E-state index in [-0.39, 0.29) is 16.3 Å². The summed E-state index contributed by atoms with van der Waals surface area (Å²) in [5.41, 5.74) is 1.02. The average Bonchev–Trinajstić information content (AvgIpc) is 2.85. The third-order valence-corrected chi connectivity index (χ3v) is 5.06. The number of ether oxygens (including phenoxy) is 3. The van der Waals surface area contributed by atoms with Gasteiger partial charge < -0.3 is 14.2 Å².